The summed E-state index contributed by atoms with van der Waals surface area (Å²) in [4.78, 5) is 66.4. The maximum absolute atomic E-state index is 13.5. The van der Waals surface area contributed by atoms with E-state index in [1.807, 2.05) is 0 Å². The zero-order valence-electron chi connectivity index (χ0n) is 21.5. The second-order valence-corrected chi connectivity index (χ2v) is 9.43. The number of imide groups is 1. The van der Waals surface area contributed by atoms with Crippen molar-refractivity contribution in [3.05, 3.63) is 59.2 Å². The van der Waals surface area contributed by atoms with E-state index in [1.54, 1.807) is 12.1 Å². The molecule has 2 fully saturated rings. The highest BCUT2D eigenvalue weighted by Gasteiger charge is 2.44. The number of urea groups is 2. The summed E-state index contributed by atoms with van der Waals surface area (Å²) in [7, 11) is 0. The number of halogens is 3. The standard InChI is InChI=1S/C26H26F3N5O6/c1-14-16(4-3-5-20(14)26(27,28)29)12-34-22(36)19(21(35)31-15(2)23(37)38)13-33(25(34)40)18-8-6-17(7-9-18)32-11-10-30-24(32)39/h3-9,15,19H,10-13H2,1-2H3,(H,30,39)(H,31,35)(H,37,38). The van der Waals surface area contributed by atoms with Crippen LogP contribution < -0.4 is 20.4 Å². The highest BCUT2D eigenvalue weighted by molar-refractivity contribution is 6.13. The van der Waals surface area contributed by atoms with Gasteiger partial charge in [-0.15, -0.1) is 0 Å². The van der Waals surface area contributed by atoms with Crippen LogP contribution in [-0.2, 0) is 27.1 Å². The van der Waals surface area contributed by atoms with Gasteiger partial charge in [0.2, 0.25) is 11.8 Å². The molecule has 212 valence electrons. The maximum Gasteiger partial charge on any atom is 0.416 e. The van der Waals surface area contributed by atoms with E-state index in [9.17, 15) is 42.3 Å². The molecule has 3 N–H and O–H groups in total. The normalized spacial score (nSPS) is 18.6. The second kappa shape index (κ2) is 10.9. The number of carbonyl (C=O) groups excluding carboxylic acids is 4. The number of amides is 6. The van der Waals surface area contributed by atoms with E-state index < -0.39 is 60.6 Å². The molecule has 2 aliphatic rings. The van der Waals surface area contributed by atoms with Crippen LogP contribution in [0.1, 0.15) is 23.6 Å². The van der Waals surface area contributed by atoms with Crippen LogP contribution in [0.15, 0.2) is 42.5 Å². The summed E-state index contributed by atoms with van der Waals surface area (Å²) >= 11 is 0. The van der Waals surface area contributed by atoms with Gasteiger partial charge < -0.3 is 15.7 Å². The Bertz CT molecular complexity index is 1360. The number of alkyl halides is 3. The van der Waals surface area contributed by atoms with Crippen molar-refractivity contribution in [3.63, 3.8) is 0 Å². The number of carbonyl (C=O) groups is 5. The average Bonchev–Trinajstić information content (AvgIpc) is 3.32. The molecule has 2 atom stereocenters. The fourth-order valence-electron chi connectivity index (χ4n) is 4.56. The Morgan fingerprint density at radius 3 is 2.25 bits per heavy atom. The van der Waals surface area contributed by atoms with Crippen LogP contribution in [0, 0.1) is 12.8 Å². The lowest BCUT2D eigenvalue weighted by Crippen LogP contribution is -2.60. The van der Waals surface area contributed by atoms with Crippen LogP contribution in [0.5, 0.6) is 0 Å². The molecule has 2 aromatic carbocycles. The van der Waals surface area contributed by atoms with Crippen LogP contribution >= 0.6 is 0 Å². The van der Waals surface area contributed by atoms with Crippen molar-refractivity contribution in [2.45, 2.75) is 32.6 Å². The van der Waals surface area contributed by atoms with Gasteiger partial charge in [-0.2, -0.15) is 13.2 Å². The predicted octanol–water partition coefficient (Wildman–Crippen LogP) is 2.72. The van der Waals surface area contributed by atoms with Crippen molar-refractivity contribution in [2.75, 3.05) is 29.4 Å². The lowest BCUT2D eigenvalue weighted by atomic mass is 9.98. The number of aliphatic carboxylic acids is 1. The molecule has 2 heterocycles. The fourth-order valence-corrected chi connectivity index (χ4v) is 4.56. The van der Waals surface area contributed by atoms with Crippen molar-refractivity contribution >= 4 is 41.2 Å². The van der Waals surface area contributed by atoms with E-state index in [-0.39, 0.29) is 22.8 Å². The van der Waals surface area contributed by atoms with Crippen molar-refractivity contribution in [1.29, 1.82) is 0 Å². The Morgan fingerprint density at radius 2 is 1.70 bits per heavy atom. The van der Waals surface area contributed by atoms with Crippen molar-refractivity contribution in [1.82, 2.24) is 15.5 Å². The van der Waals surface area contributed by atoms with Crippen LogP contribution in [0.3, 0.4) is 0 Å². The number of rotatable bonds is 7. The Balaban J connectivity index is 1.68. The Kier molecular flexibility index (Phi) is 7.71. The third-order valence-corrected chi connectivity index (χ3v) is 6.85. The zero-order valence-corrected chi connectivity index (χ0v) is 21.5. The first-order valence-corrected chi connectivity index (χ1v) is 12.3. The molecule has 2 saturated heterocycles. The molecule has 0 aromatic heterocycles. The summed E-state index contributed by atoms with van der Waals surface area (Å²) in [5.74, 6) is -4.80. The Labute approximate surface area is 226 Å². The van der Waals surface area contributed by atoms with Gasteiger partial charge in [-0.1, -0.05) is 12.1 Å². The van der Waals surface area contributed by atoms with Crippen molar-refractivity contribution in [3.8, 4) is 0 Å². The first kappa shape index (κ1) is 28.4. The molecular weight excluding hydrogens is 535 g/mol. The summed E-state index contributed by atoms with van der Waals surface area (Å²) in [5, 5.41) is 14.1. The quantitative estimate of drug-likeness (QED) is 0.445. The van der Waals surface area contributed by atoms with E-state index in [0.29, 0.717) is 23.7 Å². The summed E-state index contributed by atoms with van der Waals surface area (Å²) in [6.45, 7) is 2.34. The van der Waals surface area contributed by atoms with Crippen LogP contribution in [-0.4, -0.2) is 65.5 Å². The molecule has 0 spiro atoms. The Morgan fingerprint density at radius 1 is 1.07 bits per heavy atom. The first-order valence-electron chi connectivity index (χ1n) is 12.3. The molecule has 4 rings (SSSR count). The van der Waals surface area contributed by atoms with E-state index in [0.717, 1.165) is 17.0 Å². The number of nitrogens with zero attached hydrogens (tertiary/aromatic N) is 3. The Hall–Kier alpha value is -4.62. The molecule has 14 heteroatoms. The van der Waals surface area contributed by atoms with Crippen molar-refractivity contribution in [2.24, 2.45) is 5.92 Å². The lowest BCUT2D eigenvalue weighted by Gasteiger charge is -2.38. The van der Waals surface area contributed by atoms with Crippen molar-refractivity contribution < 1.29 is 42.3 Å². The van der Waals surface area contributed by atoms with Gasteiger partial charge in [0, 0.05) is 31.0 Å². The largest absolute Gasteiger partial charge is 0.480 e. The molecular formula is C26H26F3N5O6. The van der Waals surface area contributed by atoms with E-state index in [1.165, 1.54) is 36.9 Å². The molecule has 40 heavy (non-hydrogen) atoms. The van der Waals surface area contributed by atoms with Gasteiger partial charge in [-0.05, 0) is 55.3 Å². The molecule has 2 unspecified atom stereocenters. The minimum atomic E-state index is -4.66. The van der Waals surface area contributed by atoms with Gasteiger partial charge in [-0.3, -0.25) is 29.1 Å². The van der Waals surface area contributed by atoms with Gasteiger partial charge in [-0.25, -0.2) is 9.59 Å². The number of hydrogen-bond acceptors (Lipinski definition) is 5. The summed E-state index contributed by atoms with van der Waals surface area (Å²) in [5.41, 5.74) is -0.255. The van der Waals surface area contributed by atoms with Gasteiger partial charge in [0.05, 0.1) is 12.1 Å². The number of carboxylic acid groups (broad SMARTS) is 1. The number of benzene rings is 2. The monoisotopic (exact) mass is 561 g/mol. The fraction of sp³-hybridized carbons (Fsp3) is 0.346. The highest BCUT2D eigenvalue weighted by Crippen LogP contribution is 2.34. The third kappa shape index (κ3) is 5.55. The first-order chi connectivity index (χ1) is 18.8. The second-order valence-electron chi connectivity index (χ2n) is 9.43. The minimum Gasteiger partial charge on any atom is -0.480 e. The molecule has 6 amide bonds. The van der Waals surface area contributed by atoms with Crippen LogP contribution in [0.4, 0.5) is 34.1 Å². The minimum absolute atomic E-state index is 0.0480. The molecule has 0 saturated carbocycles. The zero-order chi connectivity index (χ0) is 29.4. The molecule has 11 nitrogen and oxygen atoms in total. The van der Waals surface area contributed by atoms with Gasteiger partial charge >= 0.3 is 24.2 Å². The number of carboxylic acids is 1. The number of hydrogen-bond donors (Lipinski definition) is 3. The molecule has 0 radical (unpaired) electrons. The summed E-state index contributed by atoms with van der Waals surface area (Å²) in [6.07, 6.45) is -4.66. The summed E-state index contributed by atoms with van der Waals surface area (Å²) < 4.78 is 40.4. The molecule has 0 aliphatic carbocycles. The predicted molar refractivity (Wildman–Crippen MR) is 135 cm³/mol. The highest BCUT2D eigenvalue weighted by atomic mass is 19.4. The third-order valence-electron chi connectivity index (χ3n) is 6.85. The van der Waals surface area contributed by atoms with Gasteiger partial charge in [0.1, 0.15) is 12.0 Å². The smallest absolute Gasteiger partial charge is 0.416 e. The van der Waals surface area contributed by atoms with E-state index in [4.69, 9.17) is 0 Å². The van der Waals surface area contributed by atoms with E-state index >= 15 is 0 Å². The molecule has 2 aromatic rings. The van der Waals surface area contributed by atoms with E-state index in [2.05, 4.69) is 10.6 Å². The number of nitrogens with one attached hydrogen (secondary N) is 2. The van der Waals surface area contributed by atoms with Crippen LogP contribution in [0.25, 0.3) is 0 Å². The number of anilines is 2. The lowest BCUT2D eigenvalue weighted by molar-refractivity contribution is -0.145. The van der Waals surface area contributed by atoms with Gasteiger partial charge in [0.15, 0.2) is 0 Å². The average molecular weight is 562 g/mol. The van der Waals surface area contributed by atoms with Gasteiger partial charge in [0.25, 0.3) is 0 Å². The molecule has 2 aliphatic heterocycles. The SMILES string of the molecule is Cc1c(CN2C(=O)C(C(=O)NC(C)C(=O)O)CN(c3ccc(N4CCNC4=O)cc3)C2=O)cccc1C(F)(F)F. The maximum atomic E-state index is 13.5. The topological polar surface area (TPSA) is 139 Å². The van der Waals surface area contributed by atoms with Crippen LogP contribution in [0.2, 0.25) is 0 Å². The molecule has 0 bridgehead atoms. The summed E-state index contributed by atoms with van der Waals surface area (Å²) in [6, 6.07) is 7.07.